The summed E-state index contributed by atoms with van der Waals surface area (Å²) in [4.78, 5) is 22.4. The molecule has 6 rings (SSSR count). The van der Waals surface area contributed by atoms with Gasteiger partial charge < -0.3 is 10.2 Å². The summed E-state index contributed by atoms with van der Waals surface area (Å²) < 4.78 is 3.35. The predicted octanol–water partition coefficient (Wildman–Crippen LogP) is 3.89. The molecule has 9 heteroatoms. The van der Waals surface area contributed by atoms with Crippen molar-refractivity contribution in [2.45, 2.75) is 13.5 Å². The molecule has 1 aliphatic rings. The van der Waals surface area contributed by atoms with Crippen LogP contribution >= 0.6 is 0 Å². The van der Waals surface area contributed by atoms with Gasteiger partial charge in [-0.25, -0.2) is 14.2 Å². The van der Waals surface area contributed by atoms with Crippen LogP contribution in [0, 0.1) is 6.92 Å². The summed E-state index contributed by atoms with van der Waals surface area (Å²) in [5.41, 5.74) is 5.98. The highest BCUT2D eigenvalue weighted by Crippen LogP contribution is 2.26. The molecule has 1 aliphatic heterocycles. The zero-order valence-electron chi connectivity index (χ0n) is 21.6. The lowest BCUT2D eigenvalue weighted by molar-refractivity contribution is 0.102. The molecule has 4 heterocycles. The van der Waals surface area contributed by atoms with Gasteiger partial charge in [0.1, 0.15) is 11.4 Å². The van der Waals surface area contributed by atoms with Crippen molar-refractivity contribution in [2.75, 3.05) is 38.5 Å². The largest absolute Gasteiger partial charge is 0.306 e. The van der Waals surface area contributed by atoms with Gasteiger partial charge >= 0.3 is 0 Å². The van der Waals surface area contributed by atoms with Crippen molar-refractivity contribution < 1.29 is 4.79 Å². The fourth-order valence-electron chi connectivity index (χ4n) is 4.71. The van der Waals surface area contributed by atoms with Gasteiger partial charge in [-0.3, -0.25) is 9.69 Å². The maximum absolute atomic E-state index is 13.3. The maximum Gasteiger partial charge on any atom is 0.262 e. The van der Waals surface area contributed by atoms with Gasteiger partial charge in [0.2, 0.25) is 0 Å². The van der Waals surface area contributed by atoms with E-state index in [9.17, 15) is 4.79 Å². The number of hydrogen-bond acceptors (Lipinski definition) is 6. The summed E-state index contributed by atoms with van der Waals surface area (Å²) in [6.45, 7) is 7.38. The number of aromatic nitrogens is 5. The molecule has 1 amide bonds. The van der Waals surface area contributed by atoms with Gasteiger partial charge in [0, 0.05) is 56.7 Å². The van der Waals surface area contributed by atoms with E-state index >= 15 is 0 Å². The van der Waals surface area contributed by atoms with E-state index in [1.807, 2.05) is 37.3 Å². The predicted molar refractivity (Wildman–Crippen MR) is 147 cm³/mol. The molecule has 5 aromatic rings. The molecule has 0 atom stereocenters. The Hall–Kier alpha value is -4.34. The van der Waals surface area contributed by atoms with Crippen molar-refractivity contribution in [1.29, 1.82) is 0 Å². The minimum Gasteiger partial charge on any atom is -0.306 e. The lowest BCUT2D eigenvalue weighted by Crippen LogP contribution is -2.43. The average Bonchev–Trinajstić information content (AvgIpc) is 3.56. The summed E-state index contributed by atoms with van der Waals surface area (Å²) in [6.07, 6.45) is 4.95. The number of rotatable bonds is 6. The van der Waals surface area contributed by atoms with Gasteiger partial charge in [-0.2, -0.15) is 10.2 Å². The third-order valence-corrected chi connectivity index (χ3v) is 7.01. The molecular weight excluding hydrogens is 476 g/mol. The van der Waals surface area contributed by atoms with Crippen LogP contribution in [0.3, 0.4) is 0 Å². The Kier molecular flexibility index (Phi) is 6.45. The van der Waals surface area contributed by atoms with Gasteiger partial charge in [-0.1, -0.05) is 42.0 Å². The van der Waals surface area contributed by atoms with Gasteiger partial charge in [-0.15, -0.1) is 0 Å². The molecule has 1 fully saturated rings. The number of fused-ring (bicyclic) bond motifs is 1. The topological polar surface area (TPSA) is 83.6 Å². The SMILES string of the molecule is Cc1ccc(-n2nc(-c3ccc(CN4CCN(C)CC4)cc3)cc2NC(=O)c2cnn3cccnc23)cc1. The monoisotopic (exact) mass is 506 g/mol. The van der Waals surface area contributed by atoms with Crippen molar-refractivity contribution in [3.8, 4) is 16.9 Å². The highest BCUT2D eigenvalue weighted by atomic mass is 16.1. The quantitative estimate of drug-likeness (QED) is 0.376. The summed E-state index contributed by atoms with van der Waals surface area (Å²) >= 11 is 0. The number of hydrogen-bond donors (Lipinski definition) is 1. The highest BCUT2D eigenvalue weighted by molar-refractivity contribution is 6.08. The molecule has 0 saturated carbocycles. The molecule has 2 aromatic carbocycles. The Morgan fingerprint density at radius 1 is 1.00 bits per heavy atom. The third kappa shape index (κ3) is 4.93. The first kappa shape index (κ1) is 24.0. The fourth-order valence-corrected chi connectivity index (χ4v) is 4.71. The van der Waals surface area contributed by atoms with Crippen LogP contribution in [0.1, 0.15) is 21.5 Å². The molecule has 0 unspecified atom stereocenters. The number of carbonyl (C=O) groups is 1. The van der Waals surface area contributed by atoms with Crippen LogP contribution < -0.4 is 5.32 Å². The van der Waals surface area contributed by atoms with Crippen LogP contribution in [0.5, 0.6) is 0 Å². The van der Waals surface area contributed by atoms with Crippen LogP contribution in [0.4, 0.5) is 5.82 Å². The second kappa shape index (κ2) is 10.2. The van der Waals surface area contributed by atoms with Crippen LogP contribution in [0.25, 0.3) is 22.6 Å². The third-order valence-electron chi connectivity index (χ3n) is 7.01. The smallest absolute Gasteiger partial charge is 0.262 e. The number of anilines is 1. The van der Waals surface area contributed by atoms with E-state index in [0.717, 1.165) is 55.2 Å². The van der Waals surface area contributed by atoms with Crippen LogP contribution in [0.2, 0.25) is 0 Å². The fraction of sp³-hybridized carbons (Fsp3) is 0.241. The van der Waals surface area contributed by atoms with E-state index in [2.05, 4.69) is 56.5 Å². The molecule has 1 saturated heterocycles. The molecule has 0 bridgehead atoms. The Morgan fingerprint density at radius 2 is 1.76 bits per heavy atom. The van der Waals surface area contributed by atoms with E-state index in [1.54, 1.807) is 27.7 Å². The van der Waals surface area contributed by atoms with Crippen molar-refractivity contribution in [1.82, 2.24) is 34.2 Å². The Balaban J connectivity index is 1.28. The Labute approximate surface area is 221 Å². The van der Waals surface area contributed by atoms with Crippen LogP contribution in [-0.2, 0) is 6.54 Å². The van der Waals surface area contributed by atoms with Crippen molar-refractivity contribution in [2.24, 2.45) is 0 Å². The van der Waals surface area contributed by atoms with E-state index in [1.165, 1.54) is 11.8 Å². The molecule has 3 aromatic heterocycles. The number of aryl methyl sites for hydroxylation is 1. The number of likely N-dealkylation sites (N-methyl/N-ethyl adjacent to an activating group) is 1. The first-order valence-electron chi connectivity index (χ1n) is 12.8. The second-order valence-electron chi connectivity index (χ2n) is 9.84. The summed E-state index contributed by atoms with van der Waals surface area (Å²) in [6, 6.07) is 20.3. The number of piperazine rings is 1. The van der Waals surface area contributed by atoms with Crippen LogP contribution in [0.15, 0.2) is 79.3 Å². The average molecular weight is 507 g/mol. The molecule has 192 valence electrons. The van der Waals surface area contributed by atoms with E-state index in [0.29, 0.717) is 17.0 Å². The summed E-state index contributed by atoms with van der Waals surface area (Å²) in [5, 5.41) is 12.2. The number of amides is 1. The number of carbonyl (C=O) groups excluding carboxylic acids is 1. The highest BCUT2D eigenvalue weighted by Gasteiger charge is 2.19. The first-order chi connectivity index (χ1) is 18.5. The lowest BCUT2D eigenvalue weighted by Gasteiger charge is -2.32. The van der Waals surface area contributed by atoms with Crippen molar-refractivity contribution >= 4 is 17.4 Å². The number of nitrogens with zero attached hydrogens (tertiary/aromatic N) is 7. The summed E-state index contributed by atoms with van der Waals surface area (Å²) in [7, 11) is 2.17. The number of nitrogens with one attached hydrogen (secondary N) is 1. The minimum absolute atomic E-state index is 0.291. The zero-order valence-corrected chi connectivity index (χ0v) is 21.6. The van der Waals surface area contributed by atoms with E-state index in [4.69, 9.17) is 5.10 Å². The second-order valence-corrected chi connectivity index (χ2v) is 9.84. The van der Waals surface area contributed by atoms with Crippen molar-refractivity contribution in [3.05, 3.63) is 95.9 Å². The molecule has 0 radical (unpaired) electrons. The Morgan fingerprint density at radius 3 is 2.53 bits per heavy atom. The number of benzene rings is 2. The van der Waals surface area contributed by atoms with Gasteiger partial charge in [0.05, 0.1) is 17.6 Å². The van der Waals surface area contributed by atoms with Gasteiger partial charge in [0.15, 0.2) is 5.65 Å². The van der Waals surface area contributed by atoms with Crippen molar-refractivity contribution in [3.63, 3.8) is 0 Å². The van der Waals surface area contributed by atoms with Gasteiger partial charge in [-0.05, 0) is 37.7 Å². The minimum atomic E-state index is -0.291. The maximum atomic E-state index is 13.3. The molecule has 0 spiro atoms. The normalized spacial score (nSPS) is 14.7. The Bertz CT molecular complexity index is 1560. The molecule has 0 aliphatic carbocycles. The standard InChI is InChI=1S/C29H30N8O/c1-21-4-10-24(11-5-21)37-27(32-29(38)25-19-31-36-13-3-12-30-28(25)36)18-26(33-37)23-8-6-22(7-9-23)20-35-16-14-34(2)15-17-35/h3-13,18-19H,14-17,20H2,1-2H3,(H,32,38). The zero-order chi connectivity index (χ0) is 26.1. The molecule has 1 N–H and O–H groups in total. The van der Waals surface area contributed by atoms with Gasteiger partial charge in [0.25, 0.3) is 5.91 Å². The molecular formula is C29H30N8O. The van der Waals surface area contributed by atoms with E-state index < -0.39 is 0 Å². The summed E-state index contributed by atoms with van der Waals surface area (Å²) in [5.74, 6) is 0.284. The van der Waals surface area contributed by atoms with E-state index in [-0.39, 0.29) is 5.91 Å². The first-order valence-corrected chi connectivity index (χ1v) is 12.8. The molecule has 38 heavy (non-hydrogen) atoms. The molecule has 9 nitrogen and oxygen atoms in total. The van der Waals surface area contributed by atoms with Crippen LogP contribution in [-0.4, -0.2) is 73.3 Å². The lowest BCUT2D eigenvalue weighted by atomic mass is 10.1.